The molecule has 2 N–H and O–H groups in total. The summed E-state index contributed by atoms with van der Waals surface area (Å²) in [5.74, 6) is -0.800. The Morgan fingerprint density at radius 3 is 2.71 bits per heavy atom. The van der Waals surface area contributed by atoms with Crippen molar-refractivity contribution in [2.45, 2.75) is 32.2 Å². The normalized spacial score (nSPS) is 14.1. The lowest BCUT2D eigenvalue weighted by Crippen LogP contribution is -2.39. The number of rotatable bonds is 5. The van der Waals surface area contributed by atoms with Gasteiger partial charge in [0.05, 0.1) is 30.5 Å². The number of ether oxygens (including phenoxy) is 1. The van der Waals surface area contributed by atoms with Crippen LogP contribution in [0.2, 0.25) is 0 Å². The first-order chi connectivity index (χ1) is 8.01. The van der Waals surface area contributed by atoms with Gasteiger partial charge in [0, 0.05) is 0 Å². The van der Waals surface area contributed by atoms with Crippen LogP contribution in [0, 0.1) is 5.82 Å². The molecule has 94 valence electrons. The molecule has 1 heterocycles. The zero-order valence-corrected chi connectivity index (χ0v) is 10.1. The number of aromatic nitrogens is 1. The molecule has 0 aliphatic heterocycles. The van der Waals surface area contributed by atoms with E-state index in [4.69, 9.17) is 10.5 Å². The van der Waals surface area contributed by atoms with Gasteiger partial charge < -0.3 is 10.5 Å². The lowest BCUT2D eigenvalue weighted by Gasteiger charge is -2.26. The summed E-state index contributed by atoms with van der Waals surface area (Å²) in [4.78, 5) is 15.4. The largest absolute Gasteiger partial charge is 0.466 e. The summed E-state index contributed by atoms with van der Waals surface area (Å²) in [5.41, 5.74) is 5.71. The second-order valence-corrected chi connectivity index (χ2v) is 3.85. The molecule has 1 aromatic rings. The Bertz CT molecular complexity index is 381. The molecule has 5 heteroatoms. The van der Waals surface area contributed by atoms with Gasteiger partial charge >= 0.3 is 5.97 Å². The molecule has 17 heavy (non-hydrogen) atoms. The SMILES string of the molecule is CCOC(=O)CC(N)(CC)c1ccc(F)cn1. The quantitative estimate of drug-likeness (QED) is 0.796. The zero-order chi connectivity index (χ0) is 12.9. The van der Waals surface area contributed by atoms with Gasteiger partial charge in [-0.1, -0.05) is 6.92 Å². The molecule has 0 saturated carbocycles. The van der Waals surface area contributed by atoms with Gasteiger partial charge in [-0.3, -0.25) is 9.78 Å². The zero-order valence-electron chi connectivity index (χ0n) is 10.1. The minimum Gasteiger partial charge on any atom is -0.466 e. The van der Waals surface area contributed by atoms with Crippen LogP contribution in [0.15, 0.2) is 18.3 Å². The highest BCUT2D eigenvalue weighted by molar-refractivity contribution is 5.71. The van der Waals surface area contributed by atoms with Crippen molar-refractivity contribution in [3.63, 3.8) is 0 Å². The van der Waals surface area contributed by atoms with Crippen LogP contribution >= 0.6 is 0 Å². The van der Waals surface area contributed by atoms with Crippen molar-refractivity contribution in [2.75, 3.05) is 6.61 Å². The average molecular weight is 240 g/mol. The molecule has 4 nitrogen and oxygen atoms in total. The van der Waals surface area contributed by atoms with Crippen molar-refractivity contribution in [3.8, 4) is 0 Å². The minimum absolute atomic E-state index is 0.0377. The molecule has 0 bridgehead atoms. The van der Waals surface area contributed by atoms with Crippen molar-refractivity contribution in [1.82, 2.24) is 4.98 Å². The van der Waals surface area contributed by atoms with Crippen molar-refractivity contribution in [3.05, 3.63) is 29.8 Å². The Balaban J connectivity index is 2.87. The van der Waals surface area contributed by atoms with Gasteiger partial charge in [-0.2, -0.15) is 0 Å². The molecule has 0 amide bonds. The Kier molecular flexibility index (Phi) is 4.57. The fraction of sp³-hybridized carbons (Fsp3) is 0.500. The summed E-state index contributed by atoms with van der Waals surface area (Å²) in [6, 6.07) is 2.78. The van der Waals surface area contributed by atoms with Gasteiger partial charge in [-0.05, 0) is 25.5 Å². The van der Waals surface area contributed by atoms with Crippen molar-refractivity contribution in [1.29, 1.82) is 0 Å². The van der Waals surface area contributed by atoms with Crippen LogP contribution in [0.25, 0.3) is 0 Å². The maximum absolute atomic E-state index is 12.8. The third-order valence-electron chi connectivity index (χ3n) is 2.63. The van der Waals surface area contributed by atoms with E-state index < -0.39 is 11.4 Å². The monoisotopic (exact) mass is 240 g/mol. The van der Waals surface area contributed by atoms with Gasteiger partial charge in [0.2, 0.25) is 0 Å². The van der Waals surface area contributed by atoms with Crippen molar-refractivity contribution in [2.24, 2.45) is 5.73 Å². The molecule has 0 aliphatic carbocycles. The molecule has 0 saturated heterocycles. The number of pyridine rings is 1. The first kappa shape index (κ1) is 13.6. The number of nitrogens with two attached hydrogens (primary N) is 1. The minimum atomic E-state index is -0.903. The van der Waals surface area contributed by atoms with E-state index in [1.165, 1.54) is 12.1 Å². The highest BCUT2D eigenvalue weighted by Crippen LogP contribution is 2.24. The van der Waals surface area contributed by atoms with Crippen LogP contribution in [0.1, 0.15) is 32.4 Å². The van der Waals surface area contributed by atoms with Crippen molar-refractivity contribution >= 4 is 5.97 Å². The average Bonchev–Trinajstić information content (AvgIpc) is 2.30. The standard InChI is InChI=1S/C12H17FN2O2/c1-3-12(14,7-11(16)17-4-2)10-6-5-9(13)8-15-10/h5-6,8H,3-4,7,14H2,1-2H3. The summed E-state index contributed by atoms with van der Waals surface area (Å²) >= 11 is 0. The number of carbonyl (C=O) groups is 1. The Hall–Kier alpha value is -1.49. The molecule has 1 unspecified atom stereocenters. The van der Waals surface area contributed by atoms with Crippen LogP contribution in [0.3, 0.4) is 0 Å². The molecule has 0 aliphatic rings. The van der Waals surface area contributed by atoms with Crippen LogP contribution in [0.5, 0.6) is 0 Å². The van der Waals surface area contributed by atoms with Gasteiger partial charge in [0.15, 0.2) is 0 Å². The van der Waals surface area contributed by atoms with Gasteiger partial charge in [-0.15, -0.1) is 0 Å². The molecular weight excluding hydrogens is 223 g/mol. The van der Waals surface area contributed by atoms with E-state index in [2.05, 4.69) is 4.98 Å². The maximum atomic E-state index is 12.8. The lowest BCUT2D eigenvalue weighted by molar-refractivity contribution is -0.144. The number of carbonyl (C=O) groups excluding carboxylic acids is 1. The maximum Gasteiger partial charge on any atom is 0.308 e. The molecule has 1 aromatic heterocycles. The van der Waals surface area contributed by atoms with Gasteiger partial charge in [0.1, 0.15) is 5.82 Å². The third kappa shape index (κ3) is 3.49. The van der Waals surface area contributed by atoms with Gasteiger partial charge in [-0.25, -0.2) is 4.39 Å². The molecule has 1 atom stereocenters. The number of hydrogen-bond donors (Lipinski definition) is 1. The molecular formula is C12H17FN2O2. The summed E-state index contributed by atoms with van der Waals surface area (Å²) in [5, 5.41) is 0. The number of hydrogen-bond acceptors (Lipinski definition) is 4. The van der Waals surface area contributed by atoms with Gasteiger partial charge in [0.25, 0.3) is 0 Å². The first-order valence-corrected chi connectivity index (χ1v) is 5.58. The fourth-order valence-electron chi connectivity index (χ4n) is 1.54. The summed E-state index contributed by atoms with van der Waals surface area (Å²) < 4.78 is 17.6. The van der Waals surface area contributed by atoms with Crippen LogP contribution in [-0.2, 0) is 15.1 Å². The van der Waals surface area contributed by atoms with Crippen LogP contribution < -0.4 is 5.73 Å². The Morgan fingerprint density at radius 1 is 1.53 bits per heavy atom. The van der Waals surface area contributed by atoms with Crippen molar-refractivity contribution < 1.29 is 13.9 Å². The number of halogens is 1. The lowest BCUT2D eigenvalue weighted by atomic mass is 9.89. The molecule has 0 spiro atoms. The van der Waals surface area contributed by atoms with E-state index >= 15 is 0 Å². The summed E-state index contributed by atoms with van der Waals surface area (Å²) in [6.45, 7) is 3.90. The molecule has 0 fully saturated rings. The summed E-state index contributed by atoms with van der Waals surface area (Å²) in [6.07, 6.45) is 1.65. The van der Waals surface area contributed by atoms with E-state index in [1.807, 2.05) is 6.92 Å². The highest BCUT2D eigenvalue weighted by Gasteiger charge is 2.30. The van der Waals surface area contributed by atoms with E-state index in [-0.39, 0.29) is 12.4 Å². The molecule has 0 aromatic carbocycles. The Labute approximate surface area is 100.0 Å². The third-order valence-corrected chi connectivity index (χ3v) is 2.63. The van der Waals surface area contributed by atoms with E-state index in [1.54, 1.807) is 6.92 Å². The predicted octanol–water partition coefficient (Wildman–Crippen LogP) is 1.74. The predicted molar refractivity (Wildman–Crippen MR) is 61.6 cm³/mol. The fourth-order valence-corrected chi connectivity index (χ4v) is 1.54. The van der Waals surface area contributed by atoms with E-state index in [9.17, 15) is 9.18 Å². The summed E-state index contributed by atoms with van der Waals surface area (Å²) in [7, 11) is 0. The topological polar surface area (TPSA) is 65.2 Å². The second kappa shape index (κ2) is 5.72. The molecule has 1 rings (SSSR count). The van der Waals surface area contributed by atoms with Crippen LogP contribution in [0.4, 0.5) is 4.39 Å². The number of nitrogens with zero attached hydrogens (tertiary/aromatic N) is 1. The van der Waals surface area contributed by atoms with Crippen LogP contribution in [-0.4, -0.2) is 17.6 Å². The second-order valence-electron chi connectivity index (χ2n) is 3.85. The Morgan fingerprint density at radius 2 is 2.24 bits per heavy atom. The first-order valence-electron chi connectivity index (χ1n) is 5.58. The smallest absolute Gasteiger partial charge is 0.308 e. The number of esters is 1. The highest BCUT2D eigenvalue weighted by atomic mass is 19.1. The van der Waals surface area contributed by atoms with E-state index in [0.29, 0.717) is 18.7 Å². The molecule has 0 radical (unpaired) electrons. The van der Waals surface area contributed by atoms with E-state index in [0.717, 1.165) is 6.20 Å².